The van der Waals surface area contributed by atoms with Crippen LogP contribution in [0.1, 0.15) is 47.4 Å². The third-order valence-electron chi connectivity index (χ3n) is 6.04. The molecular weight excluding hydrogens is 526 g/mol. The predicted octanol–water partition coefficient (Wildman–Crippen LogP) is 1.25. The van der Waals surface area contributed by atoms with Crippen LogP contribution >= 0.6 is 0 Å². The molecule has 0 radical (unpaired) electrons. The van der Waals surface area contributed by atoms with Crippen LogP contribution in [-0.2, 0) is 20.2 Å². The van der Waals surface area contributed by atoms with Gasteiger partial charge in [-0.25, -0.2) is 11.7 Å². The zero-order chi connectivity index (χ0) is 27.7. The molecule has 3 aromatic rings. The fourth-order valence-electron chi connectivity index (χ4n) is 4.55. The predicted molar refractivity (Wildman–Crippen MR) is 138 cm³/mol. The van der Waals surface area contributed by atoms with Gasteiger partial charge in [0.15, 0.2) is 10.7 Å². The molecule has 0 fully saturated rings. The number of amides is 2. The van der Waals surface area contributed by atoms with Gasteiger partial charge in [-0.2, -0.15) is 16.8 Å². The van der Waals surface area contributed by atoms with Gasteiger partial charge in [0.1, 0.15) is 0 Å². The fourth-order valence-corrected chi connectivity index (χ4v) is 6.57. The van der Waals surface area contributed by atoms with Crippen LogP contribution in [0.4, 0.5) is 5.69 Å². The van der Waals surface area contributed by atoms with Crippen LogP contribution in [0, 0.1) is 0 Å². The summed E-state index contributed by atoms with van der Waals surface area (Å²) in [4.78, 5) is 26.2. The highest BCUT2D eigenvalue weighted by atomic mass is 32.2. The molecule has 15 heteroatoms. The number of hydrogen-bond donors (Lipinski definition) is 6. The molecule has 0 bridgehead atoms. The Morgan fingerprint density at radius 2 is 1.30 bits per heavy atom. The number of nitrogens with two attached hydrogens (primary N) is 2. The highest BCUT2D eigenvalue weighted by Crippen LogP contribution is 2.40. The third kappa shape index (κ3) is 5.22. The third-order valence-corrected chi connectivity index (χ3v) is 8.53. The Morgan fingerprint density at radius 3 is 1.76 bits per heavy atom. The Bertz CT molecular complexity index is 1550. The van der Waals surface area contributed by atoms with E-state index < -0.39 is 42.8 Å². The maximum Gasteiger partial charge on any atom is 0.286 e. The number of hydrogen-bond acceptors (Lipinski definition) is 9. The van der Waals surface area contributed by atoms with Crippen LogP contribution in [0.3, 0.4) is 0 Å². The van der Waals surface area contributed by atoms with E-state index in [4.69, 9.17) is 11.7 Å². The molecule has 2 amide bonds. The van der Waals surface area contributed by atoms with Gasteiger partial charge < -0.3 is 4.90 Å². The molecule has 37 heavy (non-hydrogen) atoms. The molecule has 0 aromatic heterocycles. The average Bonchev–Trinajstić information content (AvgIpc) is 2.84. The number of nitrogens with one attached hydrogen (secondary N) is 2. The van der Waals surface area contributed by atoms with Crippen LogP contribution in [0.25, 0.3) is 21.5 Å². The number of hydrazine groups is 2. The van der Waals surface area contributed by atoms with Gasteiger partial charge in [0.2, 0.25) is 0 Å². The Kier molecular flexibility index (Phi) is 8.06. The van der Waals surface area contributed by atoms with Crippen molar-refractivity contribution in [1.82, 2.24) is 10.9 Å². The fraction of sp³-hybridized carbons (Fsp3) is 0.273. The number of carbonyl (C=O) groups excluding carboxylic acids is 2. The zero-order valence-electron chi connectivity index (χ0n) is 19.9. The quantitative estimate of drug-likeness (QED) is 0.0727. The van der Waals surface area contributed by atoms with Gasteiger partial charge in [-0.3, -0.25) is 29.5 Å². The second-order valence-electron chi connectivity index (χ2n) is 8.13. The van der Waals surface area contributed by atoms with E-state index in [1.807, 2.05) is 10.9 Å². The molecule has 8 N–H and O–H groups in total. The number of carbonyl (C=O) groups is 2. The Labute approximate surface area is 213 Å². The average molecular weight is 554 g/mol. The highest BCUT2D eigenvalue weighted by Gasteiger charge is 2.40. The van der Waals surface area contributed by atoms with E-state index in [-0.39, 0.29) is 35.0 Å². The van der Waals surface area contributed by atoms with E-state index in [9.17, 15) is 35.5 Å². The molecule has 0 saturated carbocycles. The van der Waals surface area contributed by atoms with Crippen molar-refractivity contribution in [2.45, 2.75) is 37.4 Å². The van der Waals surface area contributed by atoms with E-state index >= 15 is 0 Å². The summed E-state index contributed by atoms with van der Waals surface area (Å²) in [6, 6.07) is 10.8. The van der Waals surface area contributed by atoms with Crippen molar-refractivity contribution in [2.75, 3.05) is 4.90 Å². The van der Waals surface area contributed by atoms with Crippen molar-refractivity contribution in [3.8, 4) is 0 Å². The number of nitrogens with zero attached hydrogens (tertiary/aromatic N) is 1. The standard InChI is InChI=1S/C22H27N5O8S2/c1-3-18(36(30,31)32)27(19(4-2)37(33,34)35)17-11-16-13(12-7-5-6-8-14(12)17)9-10-15(21(28)25-23)20(16)22(29)26-24/h5-11,18-19H,3-4,23-24H2,1-2H3,(H,25,28)(H,26,29)(H,30,31,32)(H,33,34,35). The summed E-state index contributed by atoms with van der Waals surface area (Å²) in [5.74, 6) is 8.96. The van der Waals surface area contributed by atoms with Crippen molar-refractivity contribution in [1.29, 1.82) is 0 Å². The van der Waals surface area contributed by atoms with Gasteiger partial charge in [-0.05, 0) is 41.1 Å². The summed E-state index contributed by atoms with van der Waals surface area (Å²) < 4.78 is 69.8. The second-order valence-corrected chi connectivity index (χ2v) is 11.3. The zero-order valence-corrected chi connectivity index (χ0v) is 21.5. The first-order valence-electron chi connectivity index (χ1n) is 11.0. The number of rotatable bonds is 9. The molecule has 200 valence electrons. The number of anilines is 1. The molecule has 3 aromatic carbocycles. The molecule has 0 saturated heterocycles. The number of nitrogen functional groups attached to an aromatic ring is 2. The first-order chi connectivity index (χ1) is 17.3. The molecule has 0 spiro atoms. The maximum absolute atomic E-state index is 12.8. The van der Waals surface area contributed by atoms with Crippen LogP contribution in [0.2, 0.25) is 0 Å². The van der Waals surface area contributed by atoms with E-state index in [0.717, 1.165) is 4.90 Å². The van der Waals surface area contributed by atoms with Crippen LogP contribution in [-0.4, -0.2) is 48.5 Å². The molecule has 0 aliphatic heterocycles. The van der Waals surface area contributed by atoms with Crippen LogP contribution < -0.4 is 27.4 Å². The van der Waals surface area contributed by atoms with Crippen molar-refractivity contribution >= 4 is 59.3 Å². The lowest BCUT2D eigenvalue weighted by Crippen LogP contribution is -2.50. The maximum atomic E-state index is 12.8. The summed E-state index contributed by atoms with van der Waals surface area (Å²) >= 11 is 0. The van der Waals surface area contributed by atoms with Crippen molar-refractivity contribution in [3.63, 3.8) is 0 Å². The van der Waals surface area contributed by atoms with Gasteiger partial charge in [-0.1, -0.05) is 44.2 Å². The normalized spacial score (nSPS) is 13.8. The number of benzene rings is 3. The van der Waals surface area contributed by atoms with E-state index in [2.05, 4.69) is 0 Å². The summed E-state index contributed by atoms with van der Waals surface area (Å²) in [5.41, 5.74) is 3.50. The summed E-state index contributed by atoms with van der Waals surface area (Å²) in [5, 5.41) is -2.20. The lowest BCUT2D eigenvalue weighted by molar-refractivity contribution is 0.0921. The summed E-state index contributed by atoms with van der Waals surface area (Å²) in [6.45, 7) is 2.84. The smallest absolute Gasteiger partial charge is 0.286 e. The molecule has 2 unspecified atom stereocenters. The molecule has 2 atom stereocenters. The Morgan fingerprint density at radius 1 is 0.811 bits per heavy atom. The van der Waals surface area contributed by atoms with Crippen LogP contribution in [0.15, 0.2) is 42.5 Å². The monoisotopic (exact) mass is 553 g/mol. The number of fused-ring (bicyclic) bond motifs is 3. The summed E-state index contributed by atoms with van der Waals surface area (Å²) in [6.07, 6.45) is -0.522. The van der Waals surface area contributed by atoms with E-state index in [1.54, 1.807) is 30.3 Å². The van der Waals surface area contributed by atoms with E-state index in [0.29, 0.717) is 16.2 Å². The molecule has 3 rings (SSSR count). The van der Waals surface area contributed by atoms with Gasteiger partial charge in [0, 0.05) is 11.1 Å². The highest BCUT2D eigenvalue weighted by molar-refractivity contribution is 7.87. The van der Waals surface area contributed by atoms with Crippen molar-refractivity contribution < 1.29 is 35.5 Å². The molecule has 13 nitrogen and oxygen atoms in total. The first kappa shape index (κ1) is 28.2. The molecular formula is C22H27N5O8S2. The Hall–Kier alpha value is -3.34. The first-order valence-corrected chi connectivity index (χ1v) is 14.0. The topological polar surface area (TPSA) is 222 Å². The van der Waals surface area contributed by atoms with Gasteiger partial charge in [-0.15, -0.1) is 0 Å². The minimum Gasteiger partial charge on any atom is -0.333 e. The Balaban J connectivity index is 2.63. The minimum atomic E-state index is -4.89. The SMILES string of the molecule is CCC(N(c1cc2c(C(=O)NN)c(C(=O)NN)ccc2c2ccccc12)C(CC)S(=O)(=O)O)S(=O)(=O)O. The van der Waals surface area contributed by atoms with E-state index in [1.165, 1.54) is 26.0 Å². The minimum absolute atomic E-state index is 0.0339. The lowest BCUT2D eigenvalue weighted by atomic mass is 9.92. The summed E-state index contributed by atoms with van der Waals surface area (Å²) in [7, 11) is -9.77. The lowest BCUT2D eigenvalue weighted by Gasteiger charge is -2.37. The van der Waals surface area contributed by atoms with Gasteiger partial charge >= 0.3 is 0 Å². The molecule has 0 aliphatic rings. The molecule has 0 aliphatic carbocycles. The molecule has 0 heterocycles. The van der Waals surface area contributed by atoms with Gasteiger partial charge in [0.05, 0.1) is 11.1 Å². The largest absolute Gasteiger partial charge is 0.333 e. The van der Waals surface area contributed by atoms with Gasteiger partial charge in [0.25, 0.3) is 32.1 Å². The van der Waals surface area contributed by atoms with Crippen molar-refractivity contribution in [3.05, 3.63) is 53.6 Å². The second kappa shape index (κ2) is 10.6. The van der Waals surface area contributed by atoms with Crippen molar-refractivity contribution in [2.24, 2.45) is 11.7 Å². The van der Waals surface area contributed by atoms with Crippen LogP contribution in [0.5, 0.6) is 0 Å².